The number of nitrogens with zero attached hydrogens (tertiary/aromatic N) is 2. The van der Waals surface area contributed by atoms with Gasteiger partial charge in [0.25, 0.3) is 0 Å². The second kappa shape index (κ2) is 9.25. The summed E-state index contributed by atoms with van der Waals surface area (Å²) in [6.45, 7) is 4.50. The molecule has 5 heteroatoms. The topological polar surface area (TPSA) is 44.8 Å². The predicted octanol–water partition coefficient (Wildman–Crippen LogP) is 2.18. The van der Waals surface area contributed by atoms with Gasteiger partial charge < -0.3 is 19.9 Å². The molecule has 0 saturated carbocycles. The van der Waals surface area contributed by atoms with Crippen molar-refractivity contribution in [1.29, 1.82) is 0 Å². The van der Waals surface area contributed by atoms with Gasteiger partial charge in [0.15, 0.2) is 0 Å². The van der Waals surface area contributed by atoms with Gasteiger partial charge in [0.2, 0.25) is 5.91 Å². The van der Waals surface area contributed by atoms with Crippen LogP contribution in [0.5, 0.6) is 5.75 Å². The zero-order valence-corrected chi connectivity index (χ0v) is 15.4. The predicted molar refractivity (Wildman–Crippen MR) is 105 cm³/mol. The standard InChI is InChI=1S/C21H27N3O2/c1-26-20-9-7-19(8-10-20)23-13-15-24(16-14-23)21(25)17-22-12-11-18-5-3-2-4-6-18/h2-10,22H,11-17H2,1H3. The van der Waals surface area contributed by atoms with Crippen molar-refractivity contribution in [2.75, 3.05) is 51.3 Å². The molecular formula is C21H27N3O2. The van der Waals surface area contributed by atoms with E-state index in [1.165, 1.54) is 11.3 Å². The summed E-state index contributed by atoms with van der Waals surface area (Å²) in [7, 11) is 1.67. The number of hydrogen-bond donors (Lipinski definition) is 1. The molecule has 1 fully saturated rings. The van der Waals surface area contributed by atoms with Gasteiger partial charge in [0, 0.05) is 31.9 Å². The van der Waals surface area contributed by atoms with Crippen molar-refractivity contribution in [3.05, 3.63) is 60.2 Å². The summed E-state index contributed by atoms with van der Waals surface area (Å²) >= 11 is 0. The molecule has 0 spiro atoms. The van der Waals surface area contributed by atoms with Crippen LogP contribution in [0.2, 0.25) is 0 Å². The van der Waals surface area contributed by atoms with Crippen LogP contribution >= 0.6 is 0 Å². The summed E-state index contributed by atoms with van der Waals surface area (Å²) < 4.78 is 5.20. The van der Waals surface area contributed by atoms with Gasteiger partial charge in [-0.1, -0.05) is 30.3 Å². The number of nitrogens with one attached hydrogen (secondary N) is 1. The smallest absolute Gasteiger partial charge is 0.236 e. The maximum atomic E-state index is 12.4. The molecule has 1 aliphatic heterocycles. The lowest BCUT2D eigenvalue weighted by atomic mass is 10.1. The number of amides is 1. The molecule has 26 heavy (non-hydrogen) atoms. The van der Waals surface area contributed by atoms with E-state index in [9.17, 15) is 4.79 Å². The maximum Gasteiger partial charge on any atom is 0.236 e. The van der Waals surface area contributed by atoms with Crippen LogP contribution < -0.4 is 15.0 Å². The number of rotatable bonds is 7. The minimum Gasteiger partial charge on any atom is -0.497 e. The van der Waals surface area contributed by atoms with Crippen molar-refractivity contribution in [3.63, 3.8) is 0 Å². The highest BCUT2D eigenvalue weighted by Crippen LogP contribution is 2.20. The van der Waals surface area contributed by atoms with Crippen LogP contribution in [-0.4, -0.2) is 57.2 Å². The van der Waals surface area contributed by atoms with Gasteiger partial charge in [0.1, 0.15) is 5.75 Å². The van der Waals surface area contributed by atoms with Crippen LogP contribution in [-0.2, 0) is 11.2 Å². The second-order valence-electron chi connectivity index (χ2n) is 6.48. The van der Waals surface area contributed by atoms with Gasteiger partial charge >= 0.3 is 0 Å². The van der Waals surface area contributed by atoms with Crippen LogP contribution in [0.3, 0.4) is 0 Å². The van der Waals surface area contributed by atoms with E-state index in [-0.39, 0.29) is 5.91 Å². The van der Waals surface area contributed by atoms with Crippen molar-refractivity contribution >= 4 is 11.6 Å². The fourth-order valence-electron chi connectivity index (χ4n) is 3.19. The monoisotopic (exact) mass is 353 g/mol. The average molecular weight is 353 g/mol. The molecule has 5 nitrogen and oxygen atoms in total. The molecule has 1 saturated heterocycles. The zero-order chi connectivity index (χ0) is 18.2. The normalized spacial score (nSPS) is 14.3. The van der Waals surface area contributed by atoms with Gasteiger partial charge in [-0.15, -0.1) is 0 Å². The van der Waals surface area contributed by atoms with Crippen molar-refractivity contribution in [3.8, 4) is 5.75 Å². The Labute approximate surface area is 155 Å². The Kier molecular flexibility index (Phi) is 6.50. The van der Waals surface area contributed by atoms with E-state index >= 15 is 0 Å². The Hall–Kier alpha value is -2.53. The molecule has 1 heterocycles. The van der Waals surface area contributed by atoms with Crippen molar-refractivity contribution in [2.45, 2.75) is 6.42 Å². The summed E-state index contributed by atoms with van der Waals surface area (Å²) in [5.41, 5.74) is 2.47. The van der Waals surface area contributed by atoms with E-state index in [2.05, 4.69) is 34.5 Å². The lowest BCUT2D eigenvalue weighted by molar-refractivity contribution is -0.130. The summed E-state index contributed by atoms with van der Waals surface area (Å²) in [6.07, 6.45) is 0.944. The van der Waals surface area contributed by atoms with Crippen LogP contribution in [0, 0.1) is 0 Å². The Morgan fingerprint density at radius 1 is 1.00 bits per heavy atom. The maximum absolute atomic E-state index is 12.4. The summed E-state index contributed by atoms with van der Waals surface area (Å²) in [6, 6.07) is 18.4. The molecule has 0 aromatic heterocycles. The fraction of sp³-hybridized carbons (Fsp3) is 0.381. The lowest BCUT2D eigenvalue weighted by Crippen LogP contribution is -2.51. The van der Waals surface area contributed by atoms with Gasteiger partial charge in [-0.2, -0.15) is 0 Å². The highest BCUT2D eigenvalue weighted by atomic mass is 16.5. The van der Waals surface area contributed by atoms with E-state index in [1.54, 1.807) is 7.11 Å². The number of methoxy groups -OCH3 is 1. The Morgan fingerprint density at radius 3 is 2.35 bits per heavy atom. The highest BCUT2D eigenvalue weighted by molar-refractivity contribution is 5.78. The van der Waals surface area contributed by atoms with E-state index < -0.39 is 0 Å². The van der Waals surface area contributed by atoms with Crippen LogP contribution in [0.1, 0.15) is 5.56 Å². The van der Waals surface area contributed by atoms with Gasteiger partial charge in [0.05, 0.1) is 13.7 Å². The van der Waals surface area contributed by atoms with Crippen molar-refractivity contribution in [2.24, 2.45) is 0 Å². The molecule has 0 bridgehead atoms. The number of carbonyl (C=O) groups excluding carboxylic acids is 1. The van der Waals surface area contributed by atoms with Crippen molar-refractivity contribution in [1.82, 2.24) is 10.2 Å². The van der Waals surface area contributed by atoms with Crippen LogP contribution in [0.15, 0.2) is 54.6 Å². The third kappa shape index (κ3) is 4.99. The molecule has 0 unspecified atom stereocenters. The molecule has 1 N–H and O–H groups in total. The quantitative estimate of drug-likeness (QED) is 0.775. The number of piperazine rings is 1. The average Bonchev–Trinajstić information content (AvgIpc) is 2.72. The summed E-state index contributed by atoms with van der Waals surface area (Å²) in [5, 5.41) is 3.27. The summed E-state index contributed by atoms with van der Waals surface area (Å²) in [4.78, 5) is 16.6. The van der Waals surface area contributed by atoms with Gasteiger partial charge in [-0.05, 0) is 42.8 Å². The SMILES string of the molecule is COc1ccc(N2CCN(C(=O)CNCCc3ccccc3)CC2)cc1. The van der Waals surface area contributed by atoms with Crippen LogP contribution in [0.25, 0.3) is 0 Å². The summed E-state index contributed by atoms with van der Waals surface area (Å²) in [5.74, 6) is 1.05. The van der Waals surface area contributed by atoms with Gasteiger partial charge in [-0.25, -0.2) is 0 Å². The zero-order valence-electron chi connectivity index (χ0n) is 15.4. The molecule has 2 aromatic rings. The minimum absolute atomic E-state index is 0.187. The first-order chi connectivity index (χ1) is 12.8. The minimum atomic E-state index is 0.187. The third-order valence-electron chi connectivity index (χ3n) is 4.78. The first-order valence-corrected chi connectivity index (χ1v) is 9.17. The molecule has 0 atom stereocenters. The first-order valence-electron chi connectivity index (χ1n) is 9.17. The Balaban J connectivity index is 1.37. The van der Waals surface area contributed by atoms with E-state index in [0.717, 1.165) is 44.9 Å². The number of carbonyl (C=O) groups is 1. The molecule has 0 aliphatic carbocycles. The molecule has 0 radical (unpaired) electrons. The number of hydrogen-bond acceptors (Lipinski definition) is 4. The number of ether oxygens (including phenoxy) is 1. The first kappa shape index (κ1) is 18.3. The highest BCUT2D eigenvalue weighted by Gasteiger charge is 2.20. The third-order valence-corrected chi connectivity index (χ3v) is 4.78. The van der Waals surface area contributed by atoms with E-state index in [4.69, 9.17) is 4.74 Å². The van der Waals surface area contributed by atoms with Gasteiger partial charge in [-0.3, -0.25) is 4.79 Å². The van der Waals surface area contributed by atoms with Crippen LogP contribution in [0.4, 0.5) is 5.69 Å². The largest absolute Gasteiger partial charge is 0.497 e. The van der Waals surface area contributed by atoms with E-state index in [0.29, 0.717) is 6.54 Å². The Morgan fingerprint density at radius 2 is 1.69 bits per heavy atom. The molecular weight excluding hydrogens is 326 g/mol. The molecule has 1 amide bonds. The molecule has 3 rings (SSSR count). The molecule has 1 aliphatic rings. The second-order valence-corrected chi connectivity index (χ2v) is 6.48. The number of benzene rings is 2. The van der Waals surface area contributed by atoms with E-state index in [1.807, 2.05) is 35.2 Å². The molecule has 138 valence electrons. The fourth-order valence-corrected chi connectivity index (χ4v) is 3.19. The number of anilines is 1. The molecule has 2 aromatic carbocycles. The van der Waals surface area contributed by atoms with Crippen molar-refractivity contribution < 1.29 is 9.53 Å². The lowest BCUT2D eigenvalue weighted by Gasteiger charge is -2.36. The Bertz CT molecular complexity index is 680.